The number of amides is 1. The molecular formula is C70H137NO5. The summed E-state index contributed by atoms with van der Waals surface area (Å²) in [6, 6.07) is -0.544. The maximum absolute atomic E-state index is 12.5. The number of carbonyl (C=O) groups excluding carboxylic acids is 2. The van der Waals surface area contributed by atoms with Crippen molar-refractivity contribution in [3.63, 3.8) is 0 Å². The van der Waals surface area contributed by atoms with Crippen LogP contribution in [0.3, 0.4) is 0 Å². The molecule has 0 heterocycles. The minimum Gasteiger partial charge on any atom is -0.466 e. The van der Waals surface area contributed by atoms with Gasteiger partial charge in [-0.2, -0.15) is 0 Å². The maximum Gasteiger partial charge on any atom is 0.305 e. The van der Waals surface area contributed by atoms with Crippen LogP contribution >= 0.6 is 0 Å². The number of hydrogen-bond acceptors (Lipinski definition) is 5. The summed E-state index contributed by atoms with van der Waals surface area (Å²) in [4.78, 5) is 24.6. The highest BCUT2D eigenvalue weighted by atomic mass is 16.5. The number of aliphatic hydroxyl groups excluding tert-OH is 2. The van der Waals surface area contributed by atoms with Crippen molar-refractivity contribution in [3.8, 4) is 0 Å². The quantitative estimate of drug-likeness (QED) is 0.0320. The number of aliphatic hydroxyl groups is 2. The molecule has 6 heteroatoms. The highest BCUT2D eigenvalue weighted by Gasteiger charge is 2.20. The predicted molar refractivity (Wildman–Crippen MR) is 333 cm³/mol. The molecule has 0 fully saturated rings. The fourth-order valence-electron chi connectivity index (χ4n) is 11.2. The van der Waals surface area contributed by atoms with Crippen LogP contribution in [0.4, 0.5) is 0 Å². The van der Waals surface area contributed by atoms with Crippen LogP contribution in [0.25, 0.3) is 0 Å². The molecule has 452 valence electrons. The first-order valence-corrected chi connectivity index (χ1v) is 34.9. The van der Waals surface area contributed by atoms with Gasteiger partial charge in [-0.15, -0.1) is 0 Å². The molecule has 1 amide bonds. The molecule has 6 nitrogen and oxygen atoms in total. The van der Waals surface area contributed by atoms with Crippen molar-refractivity contribution in [2.45, 2.75) is 411 Å². The zero-order chi connectivity index (χ0) is 55.0. The van der Waals surface area contributed by atoms with Crippen LogP contribution in [0, 0.1) is 0 Å². The summed E-state index contributed by atoms with van der Waals surface area (Å²) in [7, 11) is 0. The Bertz CT molecular complexity index is 1140. The average Bonchev–Trinajstić information content (AvgIpc) is 3.42. The lowest BCUT2D eigenvalue weighted by molar-refractivity contribution is -0.143. The Morgan fingerprint density at radius 2 is 0.618 bits per heavy atom. The molecule has 0 aromatic heterocycles. The van der Waals surface area contributed by atoms with Gasteiger partial charge < -0.3 is 20.3 Å². The van der Waals surface area contributed by atoms with Crippen LogP contribution < -0.4 is 5.32 Å². The molecule has 0 saturated heterocycles. The molecule has 0 radical (unpaired) electrons. The summed E-state index contributed by atoms with van der Waals surface area (Å²) in [6.45, 7) is 4.99. The van der Waals surface area contributed by atoms with E-state index < -0.39 is 12.1 Å². The Morgan fingerprint density at radius 3 is 0.934 bits per heavy atom. The fourth-order valence-corrected chi connectivity index (χ4v) is 11.2. The SMILES string of the molecule is CCCCCCCCCCCCCCCCCCCCCCCCCC(O)C(CO)NC(=O)CCCCCCCCCCC/C=C\CCCCCCCCCCCCCCOC(=O)CCCCCCCCCCCCC. The van der Waals surface area contributed by atoms with Gasteiger partial charge >= 0.3 is 5.97 Å². The second kappa shape index (κ2) is 66.1. The highest BCUT2D eigenvalue weighted by molar-refractivity contribution is 5.76. The first-order valence-electron chi connectivity index (χ1n) is 34.9. The van der Waals surface area contributed by atoms with Crippen LogP contribution in [0.2, 0.25) is 0 Å². The molecule has 0 bridgehead atoms. The van der Waals surface area contributed by atoms with Gasteiger partial charge in [0.2, 0.25) is 5.91 Å². The number of allylic oxidation sites excluding steroid dienone is 2. The minimum absolute atomic E-state index is 0.0142. The molecule has 2 unspecified atom stereocenters. The standard InChI is InChI=1S/C70H137NO5/c1-3-5-7-9-11-13-15-16-17-18-19-20-24-27-30-33-36-39-43-46-50-54-58-62-68(73)67(66-72)71-69(74)63-59-55-51-47-44-40-37-34-31-28-25-22-21-23-26-29-32-35-38-41-45-49-53-57-61-65-76-70(75)64-60-56-52-48-42-14-12-10-8-6-4-2/h22,25,67-68,72-73H,3-21,23-24,26-66H2,1-2H3,(H,71,74)/b25-22-. The van der Waals surface area contributed by atoms with E-state index in [1.54, 1.807) is 0 Å². The van der Waals surface area contributed by atoms with Crippen LogP contribution in [-0.4, -0.2) is 47.4 Å². The smallest absolute Gasteiger partial charge is 0.305 e. The third-order valence-electron chi connectivity index (χ3n) is 16.6. The monoisotopic (exact) mass is 1070 g/mol. The van der Waals surface area contributed by atoms with E-state index in [1.807, 2.05) is 0 Å². The zero-order valence-corrected chi connectivity index (χ0v) is 51.8. The molecule has 0 aromatic carbocycles. The van der Waals surface area contributed by atoms with Crippen LogP contribution in [0.1, 0.15) is 399 Å². The second-order valence-corrected chi connectivity index (χ2v) is 24.2. The van der Waals surface area contributed by atoms with Gasteiger partial charge in [0.1, 0.15) is 0 Å². The number of nitrogens with one attached hydrogen (secondary N) is 1. The van der Waals surface area contributed by atoms with E-state index in [0.29, 0.717) is 25.9 Å². The fraction of sp³-hybridized carbons (Fsp3) is 0.943. The lowest BCUT2D eigenvalue weighted by atomic mass is 10.0. The van der Waals surface area contributed by atoms with Gasteiger partial charge in [-0.3, -0.25) is 9.59 Å². The normalized spacial score (nSPS) is 12.5. The van der Waals surface area contributed by atoms with Gasteiger partial charge in [-0.1, -0.05) is 347 Å². The Labute approximate surface area is 476 Å². The van der Waals surface area contributed by atoms with E-state index in [9.17, 15) is 19.8 Å². The van der Waals surface area contributed by atoms with E-state index in [4.69, 9.17) is 4.74 Å². The van der Waals surface area contributed by atoms with Crippen molar-refractivity contribution < 1.29 is 24.5 Å². The molecule has 0 spiro atoms. The summed E-state index contributed by atoms with van der Waals surface area (Å²) in [5.74, 6) is -0.0188. The van der Waals surface area contributed by atoms with Gasteiger partial charge in [-0.25, -0.2) is 0 Å². The van der Waals surface area contributed by atoms with Crippen molar-refractivity contribution in [1.82, 2.24) is 5.32 Å². The van der Waals surface area contributed by atoms with Crippen molar-refractivity contribution in [2.75, 3.05) is 13.2 Å². The van der Waals surface area contributed by atoms with E-state index in [2.05, 4.69) is 31.3 Å². The van der Waals surface area contributed by atoms with Crippen LogP contribution in [0.5, 0.6) is 0 Å². The van der Waals surface area contributed by atoms with Crippen LogP contribution in [-0.2, 0) is 14.3 Å². The van der Waals surface area contributed by atoms with Gasteiger partial charge in [0.05, 0.1) is 25.4 Å². The van der Waals surface area contributed by atoms with E-state index in [0.717, 1.165) is 38.5 Å². The Morgan fingerprint density at radius 1 is 0.355 bits per heavy atom. The summed E-state index contributed by atoms with van der Waals surface area (Å²) >= 11 is 0. The average molecular weight is 1070 g/mol. The van der Waals surface area contributed by atoms with E-state index >= 15 is 0 Å². The van der Waals surface area contributed by atoms with Crippen molar-refractivity contribution in [3.05, 3.63) is 12.2 Å². The third-order valence-corrected chi connectivity index (χ3v) is 16.6. The Balaban J connectivity index is 3.40. The minimum atomic E-state index is -0.667. The molecule has 0 aliphatic carbocycles. The lowest BCUT2D eigenvalue weighted by Crippen LogP contribution is -2.45. The summed E-state index contributed by atoms with van der Waals surface area (Å²) < 4.78 is 5.47. The second-order valence-electron chi connectivity index (χ2n) is 24.2. The highest BCUT2D eigenvalue weighted by Crippen LogP contribution is 2.19. The Hall–Kier alpha value is -1.40. The molecule has 0 aromatic rings. The maximum atomic E-state index is 12.5. The van der Waals surface area contributed by atoms with E-state index in [1.165, 1.54) is 327 Å². The molecule has 0 aliphatic heterocycles. The molecule has 0 rings (SSSR count). The van der Waals surface area contributed by atoms with Gasteiger partial charge in [0.25, 0.3) is 0 Å². The third kappa shape index (κ3) is 61.8. The number of rotatable bonds is 66. The van der Waals surface area contributed by atoms with Crippen molar-refractivity contribution in [2.24, 2.45) is 0 Å². The number of esters is 1. The molecule has 2 atom stereocenters. The summed E-state index contributed by atoms with van der Waals surface area (Å²) in [5, 5.41) is 23.4. The van der Waals surface area contributed by atoms with Crippen molar-refractivity contribution >= 4 is 11.9 Å². The summed E-state index contributed by atoms with van der Waals surface area (Å²) in [5.41, 5.74) is 0. The number of hydrogen-bond donors (Lipinski definition) is 3. The van der Waals surface area contributed by atoms with Crippen molar-refractivity contribution in [1.29, 1.82) is 0 Å². The Kier molecular flexibility index (Phi) is 64.9. The largest absolute Gasteiger partial charge is 0.466 e. The molecule has 0 aliphatic rings. The van der Waals surface area contributed by atoms with Crippen LogP contribution in [0.15, 0.2) is 12.2 Å². The topological polar surface area (TPSA) is 95.9 Å². The molecule has 76 heavy (non-hydrogen) atoms. The molecule has 3 N–H and O–H groups in total. The number of ether oxygens (including phenoxy) is 1. The van der Waals surface area contributed by atoms with Gasteiger partial charge in [0, 0.05) is 12.8 Å². The number of carbonyl (C=O) groups is 2. The van der Waals surface area contributed by atoms with Gasteiger partial charge in [-0.05, 0) is 51.4 Å². The zero-order valence-electron chi connectivity index (χ0n) is 51.8. The van der Waals surface area contributed by atoms with E-state index in [-0.39, 0.29) is 18.5 Å². The lowest BCUT2D eigenvalue weighted by Gasteiger charge is -2.22. The number of unbranched alkanes of at least 4 members (excludes halogenated alkanes) is 53. The molecular weight excluding hydrogens is 935 g/mol. The predicted octanol–water partition coefficient (Wildman–Crippen LogP) is 22.4. The molecule has 0 saturated carbocycles. The van der Waals surface area contributed by atoms with Gasteiger partial charge in [0.15, 0.2) is 0 Å². The first-order chi connectivity index (χ1) is 37.5. The first kappa shape index (κ1) is 74.6. The summed E-state index contributed by atoms with van der Waals surface area (Å²) in [6.07, 6.45) is 81.1.